The molecule has 4 aromatic rings. The van der Waals surface area contributed by atoms with E-state index < -0.39 is 0 Å². The molecule has 0 aliphatic heterocycles. The van der Waals surface area contributed by atoms with Crippen molar-refractivity contribution in [2.75, 3.05) is 7.11 Å². The van der Waals surface area contributed by atoms with Crippen LogP contribution in [0.15, 0.2) is 47.8 Å². The zero-order chi connectivity index (χ0) is 15.8. The third kappa shape index (κ3) is 2.32. The Bertz CT molecular complexity index is 1070. The van der Waals surface area contributed by atoms with Crippen molar-refractivity contribution in [1.29, 1.82) is 0 Å². The molecule has 0 spiro atoms. The molecule has 3 heterocycles. The number of ether oxygens (including phenoxy) is 1. The van der Waals surface area contributed by atoms with E-state index in [2.05, 4.69) is 19.9 Å². The van der Waals surface area contributed by atoms with Gasteiger partial charge in [-0.25, -0.2) is 9.97 Å². The van der Waals surface area contributed by atoms with Gasteiger partial charge in [0.25, 0.3) is 5.56 Å². The van der Waals surface area contributed by atoms with Crippen molar-refractivity contribution in [2.45, 2.75) is 6.54 Å². The first-order chi connectivity index (χ1) is 11.2. The molecule has 0 fully saturated rings. The molecular formula is C16H13N5O2. The maximum Gasteiger partial charge on any atom is 0.263 e. The summed E-state index contributed by atoms with van der Waals surface area (Å²) in [6.07, 6.45) is 4.68. The fourth-order valence-corrected chi connectivity index (χ4v) is 2.52. The van der Waals surface area contributed by atoms with Gasteiger partial charge in [-0.05, 0) is 18.2 Å². The van der Waals surface area contributed by atoms with Gasteiger partial charge in [0, 0.05) is 18.5 Å². The van der Waals surface area contributed by atoms with Gasteiger partial charge in [-0.3, -0.25) is 14.3 Å². The fourth-order valence-electron chi connectivity index (χ4n) is 2.52. The van der Waals surface area contributed by atoms with E-state index in [4.69, 9.17) is 4.74 Å². The Morgan fingerprint density at radius 2 is 2.17 bits per heavy atom. The Kier molecular flexibility index (Phi) is 3.04. The largest absolute Gasteiger partial charge is 0.497 e. The predicted octanol–water partition coefficient (Wildman–Crippen LogP) is 1.72. The average molecular weight is 307 g/mol. The molecular weight excluding hydrogens is 294 g/mol. The van der Waals surface area contributed by atoms with Crippen molar-refractivity contribution in [3.63, 3.8) is 0 Å². The minimum Gasteiger partial charge on any atom is -0.497 e. The summed E-state index contributed by atoms with van der Waals surface area (Å²) in [7, 11) is 1.62. The highest BCUT2D eigenvalue weighted by Crippen LogP contribution is 2.18. The Morgan fingerprint density at radius 3 is 3.04 bits per heavy atom. The van der Waals surface area contributed by atoms with Gasteiger partial charge in [-0.15, -0.1) is 0 Å². The molecule has 0 bridgehead atoms. The van der Waals surface area contributed by atoms with Crippen LogP contribution in [-0.4, -0.2) is 31.6 Å². The van der Waals surface area contributed by atoms with E-state index in [-0.39, 0.29) is 5.56 Å². The Balaban J connectivity index is 1.75. The Hall–Kier alpha value is -3.22. The normalized spacial score (nSPS) is 11.2. The van der Waals surface area contributed by atoms with Crippen LogP contribution in [0.2, 0.25) is 0 Å². The number of hydrogen-bond donors (Lipinski definition) is 1. The summed E-state index contributed by atoms with van der Waals surface area (Å²) in [6.45, 7) is 0.313. The number of nitrogens with zero attached hydrogens (tertiary/aromatic N) is 4. The Labute approximate surface area is 130 Å². The summed E-state index contributed by atoms with van der Waals surface area (Å²) < 4.78 is 6.71. The molecule has 114 valence electrons. The van der Waals surface area contributed by atoms with Gasteiger partial charge in [0.2, 0.25) is 0 Å². The molecule has 1 aromatic carbocycles. The van der Waals surface area contributed by atoms with E-state index >= 15 is 0 Å². The molecule has 0 amide bonds. The van der Waals surface area contributed by atoms with Gasteiger partial charge in [0.05, 0.1) is 41.9 Å². The molecule has 0 unspecified atom stereocenters. The molecule has 0 radical (unpaired) electrons. The molecule has 1 N–H and O–H groups in total. The number of H-pyrrole nitrogens is 1. The number of imidazole rings is 1. The second-order valence-electron chi connectivity index (χ2n) is 5.14. The highest BCUT2D eigenvalue weighted by molar-refractivity contribution is 5.77. The number of aromatic nitrogens is 5. The Morgan fingerprint density at radius 1 is 1.26 bits per heavy atom. The number of aromatic amines is 1. The van der Waals surface area contributed by atoms with E-state index in [1.165, 1.54) is 17.1 Å². The lowest BCUT2D eigenvalue weighted by Crippen LogP contribution is -2.21. The van der Waals surface area contributed by atoms with Crippen LogP contribution in [0.3, 0.4) is 0 Å². The minimum absolute atomic E-state index is 0.138. The minimum atomic E-state index is -0.138. The molecule has 23 heavy (non-hydrogen) atoms. The van der Waals surface area contributed by atoms with Crippen molar-refractivity contribution in [3.8, 4) is 5.75 Å². The number of pyridine rings is 1. The van der Waals surface area contributed by atoms with Crippen molar-refractivity contribution in [1.82, 2.24) is 24.5 Å². The number of hydrogen-bond acceptors (Lipinski definition) is 5. The number of methoxy groups -OCH3 is 1. The molecule has 0 saturated carbocycles. The van der Waals surface area contributed by atoms with Gasteiger partial charge in [0.15, 0.2) is 0 Å². The lowest BCUT2D eigenvalue weighted by Gasteiger charge is -2.03. The summed E-state index contributed by atoms with van der Waals surface area (Å²) in [6, 6.07) is 7.31. The molecule has 0 aliphatic carbocycles. The van der Waals surface area contributed by atoms with Crippen molar-refractivity contribution in [3.05, 3.63) is 59.2 Å². The van der Waals surface area contributed by atoms with Crippen molar-refractivity contribution < 1.29 is 4.74 Å². The monoisotopic (exact) mass is 307 g/mol. The average Bonchev–Trinajstić information content (AvgIpc) is 2.99. The van der Waals surface area contributed by atoms with E-state index in [9.17, 15) is 4.79 Å². The quantitative estimate of drug-likeness (QED) is 0.623. The molecule has 0 aliphatic rings. The van der Waals surface area contributed by atoms with Gasteiger partial charge >= 0.3 is 0 Å². The molecule has 0 saturated heterocycles. The van der Waals surface area contributed by atoms with Crippen LogP contribution < -0.4 is 10.3 Å². The number of benzene rings is 1. The smallest absolute Gasteiger partial charge is 0.263 e. The van der Waals surface area contributed by atoms with Crippen LogP contribution >= 0.6 is 0 Å². The molecule has 7 nitrogen and oxygen atoms in total. The standard InChI is InChI=1S/C16H13N5O2/c1-23-10-2-3-13-14(6-10)20-15(19-13)8-21-9-18-12-4-5-17-7-11(12)16(21)22/h2-7,9H,8H2,1H3,(H,19,20). The second-order valence-corrected chi connectivity index (χ2v) is 5.14. The lowest BCUT2D eigenvalue weighted by molar-refractivity contribution is 0.415. The highest BCUT2D eigenvalue weighted by Gasteiger charge is 2.08. The van der Waals surface area contributed by atoms with Crippen LogP contribution in [0.5, 0.6) is 5.75 Å². The SMILES string of the molecule is COc1ccc2nc(Cn3cnc4ccncc4c3=O)[nH]c2c1. The first-order valence-electron chi connectivity index (χ1n) is 7.06. The van der Waals surface area contributed by atoms with E-state index in [0.717, 1.165) is 16.8 Å². The van der Waals surface area contributed by atoms with Crippen LogP contribution in [0.25, 0.3) is 21.9 Å². The van der Waals surface area contributed by atoms with Crippen LogP contribution in [0.4, 0.5) is 0 Å². The zero-order valence-electron chi connectivity index (χ0n) is 12.4. The summed E-state index contributed by atoms with van der Waals surface area (Å²) in [5.74, 6) is 1.43. The van der Waals surface area contributed by atoms with E-state index in [1.54, 1.807) is 19.4 Å². The first kappa shape index (κ1) is 13.4. The van der Waals surface area contributed by atoms with Crippen LogP contribution in [0.1, 0.15) is 5.82 Å². The number of nitrogens with one attached hydrogen (secondary N) is 1. The van der Waals surface area contributed by atoms with Crippen molar-refractivity contribution in [2.24, 2.45) is 0 Å². The summed E-state index contributed by atoms with van der Waals surface area (Å²) in [5, 5.41) is 0.493. The molecule has 0 atom stereocenters. The zero-order valence-corrected chi connectivity index (χ0v) is 12.4. The van der Waals surface area contributed by atoms with Crippen LogP contribution in [-0.2, 0) is 6.54 Å². The van der Waals surface area contributed by atoms with Crippen molar-refractivity contribution >= 4 is 21.9 Å². The van der Waals surface area contributed by atoms with E-state index in [0.29, 0.717) is 23.3 Å². The number of fused-ring (bicyclic) bond motifs is 2. The fraction of sp³-hybridized carbons (Fsp3) is 0.125. The molecule has 7 heteroatoms. The molecule has 3 aromatic heterocycles. The first-order valence-corrected chi connectivity index (χ1v) is 7.06. The topological polar surface area (TPSA) is 85.7 Å². The lowest BCUT2D eigenvalue weighted by atomic mass is 10.3. The number of rotatable bonds is 3. The maximum atomic E-state index is 12.5. The van der Waals surface area contributed by atoms with Gasteiger partial charge < -0.3 is 9.72 Å². The second kappa shape index (κ2) is 5.20. The summed E-state index contributed by atoms with van der Waals surface area (Å²) in [4.78, 5) is 28.4. The third-order valence-corrected chi connectivity index (χ3v) is 3.68. The predicted molar refractivity (Wildman–Crippen MR) is 85.5 cm³/mol. The van der Waals surface area contributed by atoms with Crippen LogP contribution in [0, 0.1) is 0 Å². The third-order valence-electron chi connectivity index (χ3n) is 3.68. The highest BCUT2D eigenvalue weighted by atomic mass is 16.5. The van der Waals surface area contributed by atoms with Gasteiger partial charge in [-0.2, -0.15) is 0 Å². The maximum absolute atomic E-state index is 12.5. The van der Waals surface area contributed by atoms with Gasteiger partial charge in [-0.1, -0.05) is 0 Å². The summed E-state index contributed by atoms with van der Waals surface area (Å²) in [5.41, 5.74) is 2.18. The van der Waals surface area contributed by atoms with E-state index in [1.807, 2.05) is 18.2 Å². The van der Waals surface area contributed by atoms with Gasteiger partial charge in [0.1, 0.15) is 11.6 Å². The molecule has 4 rings (SSSR count). The summed E-state index contributed by atoms with van der Waals surface area (Å²) >= 11 is 0.